The summed E-state index contributed by atoms with van der Waals surface area (Å²) >= 11 is 0. The molecular weight excluding hydrogens is 361 g/mol. The molecule has 1 aromatic rings. The van der Waals surface area contributed by atoms with Gasteiger partial charge in [-0.25, -0.2) is 4.39 Å². The van der Waals surface area contributed by atoms with Gasteiger partial charge in [-0.1, -0.05) is 12.1 Å². The molecule has 0 spiro atoms. The lowest BCUT2D eigenvalue weighted by Crippen LogP contribution is -2.60. The van der Waals surface area contributed by atoms with E-state index in [0.717, 1.165) is 0 Å². The molecule has 0 saturated carbocycles. The smallest absolute Gasteiger partial charge is 0.230 e. The van der Waals surface area contributed by atoms with Crippen molar-refractivity contribution in [1.29, 1.82) is 0 Å². The van der Waals surface area contributed by atoms with E-state index in [2.05, 4.69) is 5.32 Å². The van der Waals surface area contributed by atoms with E-state index >= 15 is 0 Å². The fraction of sp³-hybridized carbons (Fsp3) is 0.619. The zero-order valence-electron chi connectivity index (χ0n) is 17.7. The maximum absolute atomic E-state index is 14.5. The van der Waals surface area contributed by atoms with E-state index in [4.69, 9.17) is 4.74 Å². The average molecular weight is 394 g/mol. The second-order valence-corrected chi connectivity index (χ2v) is 8.00. The third-order valence-electron chi connectivity index (χ3n) is 5.79. The van der Waals surface area contributed by atoms with Gasteiger partial charge in [0, 0.05) is 60.9 Å². The summed E-state index contributed by atoms with van der Waals surface area (Å²) in [5, 5.41) is 3.30. The van der Waals surface area contributed by atoms with Crippen molar-refractivity contribution < 1.29 is 18.7 Å². The number of ether oxygens (including phenoxy) is 1. The van der Waals surface area contributed by atoms with Crippen LogP contribution in [-0.2, 0) is 14.3 Å². The van der Waals surface area contributed by atoms with Crippen molar-refractivity contribution in [3.8, 4) is 0 Å². The van der Waals surface area contributed by atoms with Gasteiger partial charge in [-0.2, -0.15) is 0 Å². The van der Waals surface area contributed by atoms with E-state index in [1.165, 1.54) is 6.07 Å². The summed E-state index contributed by atoms with van der Waals surface area (Å²) in [7, 11) is 8.43. The van der Waals surface area contributed by atoms with E-state index in [9.17, 15) is 14.0 Å². The zero-order chi connectivity index (χ0) is 21.1. The van der Waals surface area contributed by atoms with Gasteiger partial charge < -0.3 is 19.9 Å². The Labute approximate surface area is 167 Å². The van der Waals surface area contributed by atoms with Gasteiger partial charge in [0.2, 0.25) is 11.8 Å². The number of nitrogens with one attached hydrogen (secondary N) is 1. The molecule has 1 heterocycles. The maximum Gasteiger partial charge on any atom is 0.230 e. The molecule has 2 amide bonds. The second kappa shape index (κ2) is 9.01. The summed E-state index contributed by atoms with van der Waals surface area (Å²) < 4.78 is 19.8. The number of amides is 2. The Kier molecular flexibility index (Phi) is 7.17. The van der Waals surface area contributed by atoms with Crippen LogP contribution in [0.1, 0.15) is 23.5 Å². The quantitative estimate of drug-likeness (QED) is 0.798. The van der Waals surface area contributed by atoms with Crippen molar-refractivity contribution in [2.45, 2.75) is 19.3 Å². The Morgan fingerprint density at radius 2 is 1.93 bits per heavy atom. The highest BCUT2D eigenvalue weighted by Gasteiger charge is 2.54. The van der Waals surface area contributed by atoms with Crippen molar-refractivity contribution in [3.05, 3.63) is 35.1 Å². The molecule has 0 radical (unpaired) electrons. The van der Waals surface area contributed by atoms with Gasteiger partial charge in [-0.15, -0.1) is 0 Å². The molecule has 7 heteroatoms. The lowest BCUT2D eigenvalue weighted by atomic mass is 9.60. The highest BCUT2D eigenvalue weighted by molar-refractivity contribution is 5.87. The molecular formula is C21H32FN3O3. The number of carbonyl (C=O) groups is 2. The number of hydrogen-bond donors (Lipinski definition) is 1. The molecule has 1 unspecified atom stereocenters. The molecule has 6 nitrogen and oxygen atoms in total. The monoisotopic (exact) mass is 393 g/mol. The van der Waals surface area contributed by atoms with Gasteiger partial charge >= 0.3 is 0 Å². The topological polar surface area (TPSA) is 61.9 Å². The van der Waals surface area contributed by atoms with Crippen LogP contribution < -0.4 is 5.32 Å². The molecule has 1 aliphatic heterocycles. The van der Waals surface area contributed by atoms with Crippen LogP contribution in [-0.4, -0.2) is 76.6 Å². The normalized spacial score (nSPS) is 24.7. The number of rotatable bonds is 6. The number of piperidine rings is 1. The third-order valence-corrected chi connectivity index (χ3v) is 5.79. The van der Waals surface area contributed by atoms with Gasteiger partial charge in [0.1, 0.15) is 5.82 Å². The van der Waals surface area contributed by atoms with Crippen LogP contribution in [0.15, 0.2) is 18.2 Å². The number of benzene rings is 1. The zero-order valence-corrected chi connectivity index (χ0v) is 17.7. The van der Waals surface area contributed by atoms with Crippen LogP contribution in [0.4, 0.5) is 4.39 Å². The fourth-order valence-corrected chi connectivity index (χ4v) is 4.39. The van der Waals surface area contributed by atoms with Crippen molar-refractivity contribution in [2.75, 3.05) is 55.0 Å². The number of nitrogens with zero attached hydrogens (tertiary/aromatic N) is 2. The largest absolute Gasteiger partial charge is 0.385 e. The van der Waals surface area contributed by atoms with Crippen LogP contribution in [0.2, 0.25) is 0 Å². The summed E-state index contributed by atoms with van der Waals surface area (Å²) in [6, 6.07) is 4.90. The molecule has 0 aromatic heterocycles. The lowest BCUT2D eigenvalue weighted by Gasteiger charge is -2.49. The molecule has 28 heavy (non-hydrogen) atoms. The molecule has 3 atom stereocenters. The number of halogens is 1. The standard InChI is InChI=1S/C21H32FN3O3/c1-14-15(8-7-9-17(14)22)18-16(19(26)24(2)3)12-23-13-21(18,10-11-28-6)20(27)25(4)5/h7-9,16,18,23H,10-13H2,1-6H3/t16-,18?,21+/m1/s1. The Bertz CT molecular complexity index is 723. The molecule has 0 aliphatic carbocycles. The van der Waals surface area contributed by atoms with Crippen LogP contribution in [0.25, 0.3) is 0 Å². The van der Waals surface area contributed by atoms with E-state index in [1.807, 2.05) is 6.07 Å². The van der Waals surface area contributed by atoms with E-state index in [1.54, 1.807) is 58.1 Å². The number of carbonyl (C=O) groups excluding carboxylic acids is 2. The van der Waals surface area contributed by atoms with Crippen molar-refractivity contribution in [1.82, 2.24) is 15.1 Å². The molecule has 1 N–H and O–H groups in total. The first kappa shape index (κ1) is 22.3. The first-order valence-electron chi connectivity index (χ1n) is 9.55. The molecule has 1 saturated heterocycles. The third kappa shape index (κ3) is 4.05. The number of hydrogen-bond acceptors (Lipinski definition) is 4. The van der Waals surface area contributed by atoms with E-state index < -0.39 is 17.3 Å². The van der Waals surface area contributed by atoms with Crippen molar-refractivity contribution in [2.24, 2.45) is 11.3 Å². The second-order valence-electron chi connectivity index (χ2n) is 8.00. The van der Waals surface area contributed by atoms with Crippen LogP contribution in [0.3, 0.4) is 0 Å². The Morgan fingerprint density at radius 1 is 1.25 bits per heavy atom. The van der Waals surface area contributed by atoms with E-state index in [0.29, 0.717) is 37.2 Å². The minimum Gasteiger partial charge on any atom is -0.385 e. The molecule has 2 rings (SSSR count). The summed E-state index contributed by atoms with van der Waals surface area (Å²) in [5.41, 5.74) is 0.291. The van der Waals surface area contributed by atoms with Gasteiger partial charge in [0.15, 0.2) is 0 Å². The summed E-state index contributed by atoms with van der Waals surface area (Å²) in [6.07, 6.45) is 0.436. The maximum atomic E-state index is 14.5. The molecule has 1 aliphatic rings. The predicted molar refractivity (Wildman–Crippen MR) is 107 cm³/mol. The van der Waals surface area contributed by atoms with Crippen LogP contribution >= 0.6 is 0 Å². The average Bonchev–Trinajstić information content (AvgIpc) is 2.67. The fourth-order valence-electron chi connectivity index (χ4n) is 4.39. The highest BCUT2D eigenvalue weighted by atomic mass is 19.1. The Hall–Kier alpha value is -1.99. The minimum absolute atomic E-state index is 0.0748. The van der Waals surface area contributed by atoms with Gasteiger partial charge in [-0.05, 0) is 30.5 Å². The van der Waals surface area contributed by atoms with Gasteiger partial charge in [0.25, 0.3) is 0 Å². The van der Waals surface area contributed by atoms with Crippen LogP contribution in [0, 0.1) is 24.1 Å². The highest BCUT2D eigenvalue weighted by Crippen LogP contribution is 2.48. The summed E-state index contributed by atoms with van der Waals surface area (Å²) in [5.74, 6) is -1.42. The van der Waals surface area contributed by atoms with E-state index in [-0.39, 0.29) is 17.6 Å². The Morgan fingerprint density at radius 3 is 2.50 bits per heavy atom. The van der Waals surface area contributed by atoms with Crippen molar-refractivity contribution in [3.63, 3.8) is 0 Å². The summed E-state index contributed by atoms with van der Waals surface area (Å²) in [4.78, 5) is 29.6. The first-order valence-corrected chi connectivity index (χ1v) is 9.55. The van der Waals surface area contributed by atoms with Gasteiger partial charge in [0.05, 0.1) is 11.3 Å². The van der Waals surface area contributed by atoms with Gasteiger partial charge in [-0.3, -0.25) is 9.59 Å². The minimum atomic E-state index is -0.910. The molecule has 1 fully saturated rings. The van der Waals surface area contributed by atoms with Crippen molar-refractivity contribution >= 4 is 11.8 Å². The SMILES string of the molecule is COCC[C@]1(C(=O)N(C)C)CNC[C@@H](C(=O)N(C)C)C1c1cccc(F)c1C. The number of methoxy groups -OCH3 is 1. The van der Waals surface area contributed by atoms with Crippen LogP contribution in [0.5, 0.6) is 0 Å². The lowest BCUT2D eigenvalue weighted by molar-refractivity contribution is -0.148. The molecule has 0 bridgehead atoms. The molecule has 156 valence electrons. The molecule has 1 aromatic carbocycles. The summed E-state index contributed by atoms with van der Waals surface area (Å²) in [6.45, 7) is 2.93. The first-order chi connectivity index (χ1) is 13.2. The Balaban J connectivity index is 2.73. The predicted octanol–water partition coefficient (Wildman–Crippen LogP) is 1.64.